The van der Waals surface area contributed by atoms with Crippen molar-refractivity contribution in [1.82, 2.24) is 10.3 Å². The van der Waals surface area contributed by atoms with Gasteiger partial charge >= 0.3 is 5.97 Å². The van der Waals surface area contributed by atoms with Crippen LogP contribution in [0.2, 0.25) is 0 Å². The average Bonchev–Trinajstić information content (AvgIpc) is 3.12. The third-order valence-electron chi connectivity index (χ3n) is 3.15. The first kappa shape index (κ1) is 16.2. The summed E-state index contributed by atoms with van der Waals surface area (Å²) in [7, 11) is 1.30. The number of nitrogens with one attached hydrogen (secondary N) is 1. The van der Waals surface area contributed by atoms with Gasteiger partial charge in [-0.3, -0.25) is 4.79 Å². The molecule has 2 heterocycles. The van der Waals surface area contributed by atoms with Gasteiger partial charge in [-0.05, 0) is 25.0 Å². The summed E-state index contributed by atoms with van der Waals surface area (Å²) in [6.07, 6.45) is 1.55. The van der Waals surface area contributed by atoms with Crippen molar-refractivity contribution in [3.05, 3.63) is 29.0 Å². The Hall–Kier alpha value is -2.15. The molecule has 6 nitrogen and oxygen atoms in total. The van der Waals surface area contributed by atoms with Crippen molar-refractivity contribution in [2.75, 3.05) is 7.11 Å². The number of thiazole rings is 1. The van der Waals surface area contributed by atoms with Gasteiger partial charge in [-0.1, -0.05) is 13.8 Å². The van der Waals surface area contributed by atoms with Crippen LogP contribution in [0.15, 0.2) is 22.8 Å². The molecule has 1 amide bonds. The minimum Gasteiger partial charge on any atom is -0.467 e. The van der Waals surface area contributed by atoms with E-state index in [1.165, 1.54) is 18.4 Å². The quantitative estimate of drug-likeness (QED) is 0.856. The minimum absolute atomic E-state index is 0.0834. The molecule has 22 heavy (non-hydrogen) atoms. The van der Waals surface area contributed by atoms with Crippen LogP contribution < -0.4 is 5.32 Å². The van der Waals surface area contributed by atoms with Crippen molar-refractivity contribution in [3.8, 4) is 10.8 Å². The monoisotopic (exact) mass is 322 g/mol. The Kier molecular flexibility index (Phi) is 4.97. The van der Waals surface area contributed by atoms with E-state index in [0.29, 0.717) is 16.5 Å². The molecule has 1 atom stereocenters. The lowest BCUT2D eigenvalue weighted by molar-refractivity contribution is -0.144. The van der Waals surface area contributed by atoms with Crippen LogP contribution in [0.5, 0.6) is 0 Å². The predicted molar refractivity (Wildman–Crippen MR) is 82.7 cm³/mol. The molecule has 2 aromatic rings. The highest BCUT2D eigenvalue weighted by Gasteiger charge is 2.27. The smallest absolute Gasteiger partial charge is 0.328 e. The van der Waals surface area contributed by atoms with Crippen molar-refractivity contribution in [1.29, 1.82) is 0 Å². The Morgan fingerprint density at radius 3 is 2.68 bits per heavy atom. The molecular formula is C15H18N2O4S. The topological polar surface area (TPSA) is 81.4 Å². The number of furan rings is 1. The van der Waals surface area contributed by atoms with E-state index in [2.05, 4.69) is 10.3 Å². The van der Waals surface area contributed by atoms with Crippen LogP contribution in [-0.2, 0) is 9.53 Å². The van der Waals surface area contributed by atoms with Crippen LogP contribution >= 0.6 is 11.3 Å². The molecule has 0 radical (unpaired) electrons. The Morgan fingerprint density at radius 2 is 2.14 bits per heavy atom. The van der Waals surface area contributed by atoms with Gasteiger partial charge in [0.15, 0.2) is 10.8 Å². The summed E-state index contributed by atoms with van der Waals surface area (Å²) in [6, 6.07) is 2.84. The molecule has 0 saturated heterocycles. The number of carbonyl (C=O) groups is 2. The van der Waals surface area contributed by atoms with Crippen LogP contribution in [0.4, 0.5) is 0 Å². The van der Waals surface area contributed by atoms with E-state index in [4.69, 9.17) is 9.15 Å². The Labute approximate surface area is 132 Å². The van der Waals surface area contributed by atoms with Gasteiger partial charge in [-0.25, -0.2) is 9.78 Å². The first-order valence-corrected chi connectivity index (χ1v) is 7.65. The molecule has 0 aliphatic rings. The number of aromatic nitrogens is 1. The molecule has 0 saturated carbocycles. The maximum atomic E-state index is 12.4. The second kappa shape index (κ2) is 6.74. The predicted octanol–water partition coefficient (Wildman–Crippen LogP) is 2.64. The molecule has 2 rings (SSSR count). The van der Waals surface area contributed by atoms with E-state index < -0.39 is 17.9 Å². The Bertz CT molecular complexity index is 661. The van der Waals surface area contributed by atoms with E-state index >= 15 is 0 Å². The van der Waals surface area contributed by atoms with Gasteiger partial charge in [0.1, 0.15) is 11.7 Å². The number of esters is 1. The Morgan fingerprint density at radius 1 is 1.41 bits per heavy atom. The third kappa shape index (κ3) is 3.36. The van der Waals surface area contributed by atoms with Gasteiger partial charge < -0.3 is 14.5 Å². The molecule has 1 unspecified atom stereocenters. The maximum absolute atomic E-state index is 12.4. The van der Waals surface area contributed by atoms with Crippen LogP contribution in [-0.4, -0.2) is 30.0 Å². The second-order valence-electron chi connectivity index (χ2n) is 5.12. The van der Waals surface area contributed by atoms with Crippen molar-refractivity contribution >= 4 is 23.2 Å². The highest BCUT2D eigenvalue weighted by atomic mass is 32.1. The number of hydrogen-bond donors (Lipinski definition) is 1. The first-order valence-electron chi connectivity index (χ1n) is 6.84. The third-order valence-corrected chi connectivity index (χ3v) is 4.14. The molecule has 0 aromatic carbocycles. The van der Waals surface area contributed by atoms with Gasteiger partial charge in [0.05, 0.1) is 13.4 Å². The molecule has 0 bridgehead atoms. The second-order valence-corrected chi connectivity index (χ2v) is 6.32. The van der Waals surface area contributed by atoms with E-state index in [0.717, 1.165) is 4.88 Å². The highest BCUT2D eigenvalue weighted by molar-refractivity contribution is 7.15. The fraction of sp³-hybridized carbons (Fsp3) is 0.400. The number of methoxy groups -OCH3 is 1. The molecule has 0 spiro atoms. The summed E-state index contributed by atoms with van der Waals surface area (Å²) in [5.41, 5.74) is 0.297. The lowest BCUT2D eigenvalue weighted by Crippen LogP contribution is -2.45. The molecule has 2 aromatic heterocycles. The number of nitrogens with zero attached hydrogens (tertiary/aromatic N) is 1. The van der Waals surface area contributed by atoms with Gasteiger partial charge in [0.2, 0.25) is 0 Å². The van der Waals surface area contributed by atoms with Crippen LogP contribution in [0.25, 0.3) is 10.8 Å². The number of amides is 1. The standard InChI is InChI=1S/C15H18N2O4S/c1-8(2)11(15(19)20-4)16-13(18)12-9(3)22-14(17-12)10-6-5-7-21-10/h5-8,11H,1-4H3,(H,16,18). The number of ether oxygens (including phenoxy) is 1. The largest absolute Gasteiger partial charge is 0.467 e. The van der Waals surface area contributed by atoms with Gasteiger partial charge in [-0.15, -0.1) is 11.3 Å². The van der Waals surface area contributed by atoms with E-state index in [9.17, 15) is 9.59 Å². The maximum Gasteiger partial charge on any atom is 0.328 e. The molecular weight excluding hydrogens is 304 g/mol. The molecule has 1 N–H and O–H groups in total. The molecule has 7 heteroatoms. The highest BCUT2D eigenvalue weighted by Crippen LogP contribution is 2.28. The fourth-order valence-electron chi connectivity index (χ4n) is 1.95. The zero-order chi connectivity index (χ0) is 16.3. The van der Waals surface area contributed by atoms with E-state index in [1.54, 1.807) is 18.4 Å². The number of rotatable bonds is 5. The molecule has 0 fully saturated rings. The Balaban J connectivity index is 2.21. The number of carbonyl (C=O) groups excluding carboxylic acids is 2. The summed E-state index contributed by atoms with van der Waals surface area (Å²) in [4.78, 5) is 29.2. The first-order chi connectivity index (χ1) is 10.4. The summed E-state index contributed by atoms with van der Waals surface area (Å²) < 4.78 is 10.0. The van der Waals surface area contributed by atoms with E-state index in [-0.39, 0.29) is 5.92 Å². The van der Waals surface area contributed by atoms with Gasteiger partial charge in [-0.2, -0.15) is 0 Å². The molecule has 118 valence electrons. The SMILES string of the molecule is COC(=O)C(NC(=O)c1nc(-c2ccco2)sc1C)C(C)C. The fourth-order valence-corrected chi connectivity index (χ4v) is 2.83. The number of aryl methyl sites for hydroxylation is 1. The van der Waals surface area contributed by atoms with Gasteiger partial charge in [0.25, 0.3) is 5.91 Å². The van der Waals surface area contributed by atoms with Crippen molar-refractivity contribution in [3.63, 3.8) is 0 Å². The van der Waals surface area contributed by atoms with Crippen LogP contribution in [0.1, 0.15) is 29.2 Å². The van der Waals surface area contributed by atoms with Crippen molar-refractivity contribution in [2.24, 2.45) is 5.92 Å². The summed E-state index contributed by atoms with van der Waals surface area (Å²) >= 11 is 1.37. The van der Waals surface area contributed by atoms with E-state index in [1.807, 2.05) is 20.8 Å². The number of hydrogen-bond acceptors (Lipinski definition) is 6. The van der Waals surface area contributed by atoms with Crippen molar-refractivity contribution in [2.45, 2.75) is 26.8 Å². The lowest BCUT2D eigenvalue weighted by atomic mass is 10.0. The summed E-state index contributed by atoms with van der Waals surface area (Å²) in [6.45, 7) is 5.48. The minimum atomic E-state index is -0.703. The van der Waals surface area contributed by atoms with Crippen molar-refractivity contribution < 1.29 is 18.7 Å². The lowest BCUT2D eigenvalue weighted by Gasteiger charge is -2.19. The summed E-state index contributed by atoms with van der Waals surface area (Å²) in [5.74, 6) is -0.335. The molecule has 0 aliphatic carbocycles. The average molecular weight is 322 g/mol. The van der Waals surface area contributed by atoms with Crippen LogP contribution in [0.3, 0.4) is 0 Å². The zero-order valence-corrected chi connectivity index (χ0v) is 13.7. The zero-order valence-electron chi connectivity index (χ0n) is 12.9. The normalized spacial score (nSPS) is 12.2. The molecule has 0 aliphatic heterocycles. The summed E-state index contributed by atoms with van der Waals surface area (Å²) in [5, 5.41) is 3.31. The van der Waals surface area contributed by atoms with Crippen LogP contribution in [0, 0.1) is 12.8 Å². The van der Waals surface area contributed by atoms with Gasteiger partial charge in [0, 0.05) is 4.88 Å².